The molecule has 0 fully saturated rings. The molecule has 0 aliphatic heterocycles. The van der Waals surface area contributed by atoms with Gasteiger partial charge in [-0.2, -0.15) is 11.8 Å². The lowest BCUT2D eigenvalue weighted by Crippen LogP contribution is -2.23. The minimum atomic E-state index is -0.0987. The van der Waals surface area contributed by atoms with Gasteiger partial charge in [-0.25, -0.2) is 0 Å². The molecule has 21 heavy (non-hydrogen) atoms. The number of thioether (sulfide) groups is 1. The van der Waals surface area contributed by atoms with Crippen LogP contribution in [0.3, 0.4) is 0 Å². The highest BCUT2D eigenvalue weighted by Gasteiger charge is 2.06. The molecule has 0 aliphatic rings. The van der Waals surface area contributed by atoms with Gasteiger partial charge in [-0.3, -0.25) is 4.79 Å². The van der Waals surface area contributed by atoms with E-state index in [0.717, 1.165) is 16.9 Å². The predicted octanol–water partition coefficient (Wildman–Crippen LogP) is 2.97. The molecule has 2 aromatic carbocycles. The SMILES string of the molecule is CSCc1ccc(C(=O)NCc2ccccc2CO)cc1. The number of aliphatic hydroxyl groups excluding tert-OH is 1. The van der Waals surface area contributed by atoms with Crippen molar-refractivity contribution in [2.45, 2.75) is 18.9 Å². The molecule has 0 spiro atoms. The number of hydrogen-bond donors (Lipinski definition) is 2. The molecule has 0 radical (unpaired) electrons. The van der Waals surface area contributed by atoms with Crippen LogP contribution in [-0.2, 0) is 18.9 Å². The first kappa shape index (κ1) is 15.6. The van der Waals surface area contributed by atoms with Crippen LogP contribution < -0.4 is 5.32 Å². The maximum absolute atomic E-state index is 12.1. The molecule has 0 heterocycles. The molecule has 2 N–H and O–H groups in total. The molecule has 3 nitrogen and oxygen atoms in total. The Kier molecular flexibility index (Phi) is 5.84. The third-order valence-corrected chi connectivity index (χ3v) is 3.88. The minimum Gasteiger partial charge on any atom is -0.392 e. The standard InChI is InChI=1S/C17H19NO2S/c1-21-12-13-6-8-14(9-7-13)17(20)18-10-15-4-2-3-5-16(15)11-19/h2-9,19H,10-12H2,1H3,(H,18,20). The van der Waals surface area contributed by atoms with E-state index >= 15 is 0 Å². The van der Waals surface area contributed by atoms with Gasteiger partial charge in [0.15, 0.2) is 0 Å². The molecule has 0 unspecified atom stereocenters. The largest absolute Gasteiger partial charge is 0.392 e. The van der Waals surface area contributed by atoms with Gasteiger partial charge in [-0.15, -0.1) is 0 Å². The van der Waals surface area contributed by atoms with E-state index in [-0.39, 0.29) is 12.5 Å². The highest BCUT2D eigenvalue weighted by Crippen LogP contribution is 2.11. The Labute approximate surface area is 129 Å². The zero-order valence-electron chi connectivity index (χ0n) is 12.0. The van der Waals surface area contributed by atoms with E-state index in [2.05, 4.69) is 11.6 Å². The number of carbonyl (C=O) groups excluding carboxylic acids is 1. The minimum absolute atomic E-state index is 0.0184. The summed E-state index contributed by atoms with van der Waals surface area (Å²) in [5.41, 5.74) is 3.64. The van der Waals surface area contributed by atoms with Crippen LogP contribution in [0.5, 0.6) is 0 Å². The molecule has 0 saturated carbocycles. The molecule has 0 aromatic heterocycles. The van der Waals surface area contributed by atoms with Gasteiger partial charge >= 0.3 is 0 Å². The summed E-state index contributed by atoms with van der Waals surface area (Å²) >= 11 is 1.76. The lowest BCUT2D eigenvalue weighted by atomic mass is 10.1. The van der Waals surface area contributed by atoms with Crippen molar-refractivity contribution in [2.24, 2.45) is 0 Å². The predicted molar refractivity (Wildman–Crippen MR) is 87.2 cm³/mol. The van der Waals surface area contributed by atoms with E-state index in [0.29, 0.717) is 12.1 Å². The van der Waals surface area contributed by atoms with Gasteiger partial charge < -0.3 is 10.4 Å². The topological polar surface area (TPSA) is 49.3 Å². The Balaban J connectivity index is 1.98. The highest BCUT2D eigenvalue weighted by molar-refractivity contribution is 7.97. The fourth-order valence-electron chi connectivity index (χ4n) is 2.08. The van der Waals surface area contributed by atoms with Crippen LogP contribution in [0.1, 0.15) is 27.0 Å². The van der Waals surface area contributed by atoms with Crippen molar-refractivity contribution in [2.75, 3.05) is 6.26 Å². The normalized spacial score (nSPS) is 10.4. The van der Waals surface area contributed by atoms with Crippen molar-refractivity contribution >= 4 is 17.7 Å². The number of hydrogen-bond acceptors (Lipinski definition) is 3. The smallest absolute Gasteiger partial charge is 0.251 e. The second-order valence-corrected chi connectivity index (χ2v) is 5.61. The number of nitrogens with one attached hydrogen (secondary N) is 1. The van der Waals surface area contributed by atoms with Crippen molar-refractivity contribution in [3.8, 4) is 0 Å². The maximum Gasteiger partial charge on any atom is 0.251 e. The van der Waals surface area contributed by atoms with E-state index < -0.39 is 0 Å². The summed E-state index contributed by atoms with van der Waals surface area (Å²) in [5.74, 6) is 0.852. The lowest BCUT2D eigenvalue weighted by Gasteiger charge is -2.09. The van der Waals surface area contributed by atoms with E-state index in [1.807, 2.05) is 48.5 Å². The van der Waals surface area contributed by atoms with Gasteiger partial charge in [0.25, 0.3) is 5.91 Å². The van der Waals surface area contributed by atoms with Crippen LogP contribution >= 0.6 is 11.8 Å². The van der Waals surface area contributed by atoms with Crippen molar-refractivity contribution in [1.82, 2.24) is 5.32 Å². The third-order valence-electron chi connectivity index (χ3n) is 3.26. The molecule has 2 aromatic rings. The zero-order chi connectivity index (χ0) is 15.1. The van der Waals surface area contributed by atoms with Gasteiger partial charge in [0.05, 0.1) is 6.61 Å². The summed E-state index contributed by atoms with van der Waals surface area (Å²) in [5, 5.41) is 12.2. The molecule has 2 rings (SSSR count). The molecule has 0 bridgehead atoms. The number of amides is 1. The monoisotopic (exact) mass is 301 g/mol. The summed E-state index contributed by atoms with van der Waals surface area (Å²) in [6.07, 6.45) is 2.05. The van der Waals surface area contributed by atoms with E-state index in [1.54, 1.807) is 11.8 Å². The van der Waals surface area contributed by atoms with Crippen molar-refractivity contribution < 1.29 is 9.90 Å². The lowest BCUT2D eigenvalue weighted by molar-refractivity contribution is 0.0950. The molecule has 110 valence electrons. The number of aliphatic hydroxyl groups is 1. The van der Waals surface area contributed by atoms with Gasteiger partial charge in [-0.1, -0.05) is 36.4 Å². The summed E-state index contributed by atoms with van der Waals surface area (Å²) < 4.78 is 0. The summed E-state index contributed by atoms with van der Waals surface area (Å²) in [4.78, 5) is 12.1. The van der Waals surface area contributed by atoms with Gasteiger partial charge in [-0.05, 0) is 35.1 Å². The van der Waals surface area contributed by atoms with Crippen molar-refractivity contribution in [3.63, 3.8) is 0 Å². The molecule has 0 aliphatic carbocycles. The molecular formula is C17H19NO2S. The Bertz CT molecular complexity index is 596. The Hall–Kier alpha value is -1.78. The average Bonchev–Trinajstić information content (AvgIpc) is 2.54. The third kappa shape index (κ3) is 4.34. The molecular weight excluding hydrogens is 282 g/mol. The number of benzene rings is 2. The molecule has 0 atom stereocenters. The fourth-order valence-corrected chi connectivity index (χ4v) is 2.61. The van der Waals surface area contributed by atoms with E-state index in [1.165, 1.54) is 5.56 Å². The summed E-state index contributed by atoms with van der Waals surface area (Å²) in [6.45, 7) is 0.400. The second kappa shape index (κ2) is 7.86. The van der Waals surface area contributed by atoms with E-state index in [4.69, 9.17) is 0 Å². The first-order valence-corrected chi connectivity index (χ1v) is 8.17. The molecule has 1 amide bonds. The second-order valence-electron chi connectivity index (χ2n) is 4.74. The summed E-state index contributed by atoms with van der Waals surface area (Å²) in [6, 6.07) is 15.2. The zero-order valence-corrected chi connectivity index (χ0v) is 12.8. The highest BCUT2D eigenvalue weighted by atomic mass is 32.2. The Morgan fingerprint density at radius 3 is 2.38 bits per heavy atom. The number of carbonyl (C=O) groups is 1. The van der Waals surface area contributed by atoms with Gasteiger partial charge in [0.2, 0.25) is 0 Å². The van der Waals surface area contributed by atoms with Crippen LogP contribution in [0.4, 0.5) is 0 Å². The maximum atomic E-state index is 12.1. The van der Waals surface area contributed by atoms with Crippen LogP contribution in [0, 0.1) is 0 Å². The van der Waals surface area contributed by atoms with Gasteiger partial charge in [0, 0.05) is 17.9 Å². The Morgan fingerprint density at radius 1 is 1.10 bits per heavy atom. The van der Waals surface area contributed by atoms with Gasteiger partial charge in [0.1, 0.15) is 0 Å². The first-order valence-electron chi connectivity index (χ1n) is 6.78. The first-order chi connectivity index (χ1) is 10.2. The van der Waals surface area contributed by atoms with Crippen molar-refractivity contribution in [3.05, 3.63) is 70.8 Å². The molecule has 0 saturated heterocycles. The van der Waals surface area contributed by atoms with Crippen LogP contribution in [0.15, 0.2) is 48.5 Å². The molecule has 4 heteroatoms. The van der Waals surface area contributed by atoms with E-state index in [9.17, 15) is 9.90 Å². The quantitative estimate of drug-likeness (QED) is 0.862. The fraction of sp³-hybridized carbons (Fsp3) is 0.235. The number of rotatable bonds is 6. The average molecular weight is 301 g/mol. The van der Waals surface area contributed by atoms with Crippen LogP contribution in [-0.4, -0.2) is 17.3 Å². The Morgan fingerprint density at radius 2 is 1.76 bits per heavy atom. The summed E-state index contributed by atoms with van der Waals surface area (Å²) in [7, 11) is 0. The van der Waals surface area contributed by atoms with Crippen LogP contribution in [0.2, 0.25) is 0 Å². The van der Waals surface area contributed by atoms with Crippen LogP contribution in [0.25, 0.3) is 0 Å². The van der Waals surface area contributed by atoms with Crippen molar-refractivity contribution in [1.29, 1.82) is 0 Å².